The topological polar surface area (TPSA) is 34.9 Å². The molecule has 3 nitrogen and oxygen atoms in total. The number of hydrogen-bond acceptors (Lipinski definition) is 2. The van der Waals surface area contributed by atoms with Crippen molar-refractivity contribution in [2.75, 3.05) is 0 Å². The third-order valence-electron chi connectivity index (χ3n) is 3.21. The van der Waals surface area contributed by atoms with Gasteiger partial charge in [0.15, 0.2) is 0 Å². The molecule has 1 atom stereocenters. The predicted molar refractivity (Wildman–Crippen MR) is 58.9 cm³/mol. The Balaban J connectivity index is 2.40. The van der Waals surface area contributed by atoms with Crippen LogP contribution in [0.2, 0.25) is 0 Å². The van der Waals surface area contributed by atoms with Gasteiger partial charge in [0, 0.05) is 25.1 Å². The fourth-order valence-electron chi connectivity index (χ4n) is 2.38. The van der Waals surface area contributed by atoms with Crippen molar-refractivity contribution < 1.29 is 4.79 Å². The number of carbonyl (C=O) groups is 1. The van der Waals surface area contributed by atoms with Crippen LogP contribution < -0.4 is 0 Å². The van der Waals surface area contributed by atoms with Crippen molar-refractivity contribution in [2.45, 2.75) is 46.1 Å². The highest BCUT2D eigenvalue weighted by Crippen LogP contribution is 2.24. The normalized spacial score (nSPS) is 20.0. The molecule has 0 saturated heterocycles. The third-order valence-corrected chi connectivity index (χ3v) is 3.21. The largest absolute Gasteiger partial charge is 0.332 e. The van der Waals surface area contributed by atoms with Crippen molar-refractivity contribution in [1.82, 2.24) is 9.55 Å². The zero-order valence-corrected chi connectivity index (χ0v) is 9.49. The van der Waals surface area contributed by atoms with E-state index in [0.717, 1.165) is 43.1 Å². The van der Waals surface area contributed by atoms with Gasteiger partial charge in [-0.3, -0.25) is 0 Å². The average molecular weight is 206 g/mol. The maximum Gasteiger partial charge on any atom is 0.126 e. The summed E-state index contributed by atoms with van der Waals surface area (Å²) in [7, 11) is 0. The highest BCUT2D eigenvalue weighted by atomic mass is 16.1. The molecular formula is C12H18N2O. The van der Waals surface area contributed by atoms with Gasteiger partial charge in [-0.1, -0.05) is 13.8 Å². The molecule has 82 valence electrons. The number of aldehydes is 1. The number of aryl methyl sites for hydroxylation is 1. The second-order valence-electron chi connectivity index (χ2n) is 4.40. The van der Waals surface area contributed by atoms with E-state index in [1.807, 2.05) is 0 Å². The molecule has 0 bridgehead atoms. The molecular weight excluding hydrogens is 188 g/mol. The van der Waals surface area contributed by atoms with Crippen molar-refractivity contribution in [1.29, 1.82) is 0 Å². The van der Waals surface area contributed by atoms with Crippen LogP contribution in [0.15, 0.2) is 0 Å². The van der Waals surface area contributed by atoms with Gasteiger partial charge in [-0.05, 0) is 18.8 Å². The quantitative estimate of drug-likeness (QED) is 0.706. The average Bonchev–Trinajstić information content (AvgIpc) is 2.57. The number of fused-ring (bicyclic) bond motifs is 1. The van der Waals surface area contributed by atoms with Crippen LogP contribution in [0.3, 0.4) is 0 Å². The lowest BCUT2D eigenvalue weighted by Crippen LogP contribution is -2.19. The molecule has 0 fully saturated rings. The molecule has 0 aromatic carbocycles. The minimum atomic E-state index is 0.474. The standard InChI is InChI=1S/C12H18N2O/c1-3-12-13-10(5-7-15)11-8-9(2)4-6-14(11)12/h7,9H,3-6,8H2,1-2H3. The summed E-state index contributed by atoms with van der Waals surface area (Å²) < 4.78 is 2.32. The van der Waals surface area contributed by atoms with Crippen LogP contribution in [0.5, 0.6) is 0 Å². The first-order valence-corrected chi connectivity index (χ1v) is 5.77. The first kappa shape index (κ1) is 10.4. The van der Waals surface area contributed by atoms with Gasteiger partial charge in [-0.15, -0.1) is 0 Å². The van der Waals surface area contributed by atoms with Crippen LogP contribution in [0.25, 0.3) is 0 Å². The Morgan fingerprint density at radius 3 is 3.07 bits per heavy atom. The van der Waals surface area contributed by atoms with Gasteiger partial charge in [0.25, 0.3) is 0 Å². The summed E-state index contributed by atoms with van der Waals surface area (Å²) >= 11 is 0. The van der Waals surface area contributed by atoms with E-state index in [4.69, 9.17) is 0 Å². The minimum Gasteiger partial charge on any atom is -0.332 e. The summed E-state index contributed by atoms with van der Waals surface area (Å²) in [5.41, 5.74) is 2.31. The highest BCUT2D eigenvalue weighted by molar-refractivity contribution is 5.54. The number of aromatic nitrogens is 2. The molecule has 1 aliphatic rings. The summed E-state index contributed by atoms with van der Waals surface area (Å²) in [6.45, 7) is 5.47. The maximum atomic E-state index is 10.6. The second-order valence-corrected chi connectivity index (χ2v) is 4.40. The van der Waals surface area contributed by atoms with Gasteiger partial charge in [-0.2, -0.15) is 0 Å². The van der Waals surface area contributed by atoms with Crippen molar-refractivity contribution >= 4 is 6.29 Å². The SMILES string of the molecule is CCc1nc(CC=O)c2n1CCC(C)C2. The Labute approximate surface area is 90.5 Å². The molecule has 2 heterocycles. The highest BCUT2D eigenvalue weighted by Gasteiger charge is 2.21. The molecule has 0 N–H and O–H groups in total. The number of rotatable bonds is 3. The summed E-state index contributed by atoms with van der Waals surface area (Å²) in [6.07, 6.45) is 4.71. The molecule has 3 heteroatoms. The molecule has 0 spiro atoms. The van der Waals surface area contributed by atoms with Crippen molar-refractivity contribution in [3.63, 3.8) is 0 Å². The molecule has 0 amide bonds. The lowest BCUT2D eigenvalue weighted by molar-refractivity contribution is -0.107. The fourth-order valence-corrected chi connectivity index (χ4v) is 2.38. The number of nitrogens with zero attached hydrogens (tertiary/aromatic N) is 2. The van der Waals surface area contributed by atoms with Crippen LogP contribution in [-0.2, 0) is 30.6 Å². The Morgan fingerprint density at radius 1 is 1.60 bits per heavy atom. The summed E-state index contributed by atoms with van der Waals surface area (Å²) in [4.78, 5) is 15.2. The molecule has 1 unspecified atom stereocenters. The van der Waals surface area contributed by atoms with Gasteiger partial charge in [0.2, 0.25) is 0 Å². The smallest absolute Gasteiger partial charge is 0.126 e. The van der Waals surface area contributed by atoms with E-state index in [1.165, 1.54) is 12.1 Å². The van der Waals surface area contributed by atoms with Crippen LogP contribution in [-0.4, -0.2) is 15.8 Å². The zero-order chi connectivity index (χ0) is 10.8. The first-order chi connectivity index (χ1) is 7.26. The molecule has 1 aliphatic heterocycles. The van der Waals surface area contributed by atoms with E-state index in [1.54, 1.807) is 0 Å². The number of carbonyl (C=O) groups excluding carboxylic acids is 1. The fraction of sp³-hybridized carbons (Fsp3) is 0.667. The first-order valence-electron chi connectivity index (χ1n) is 5.77. The molecule has 2 rings (SSSR count). The monoisotopic (exact) mass is 206 g/mol. The lowest BCUT2D eigenvalue weighted by atomic mass is 9.96. The number of imidazole rings is 1. The summed E-state index contributed by atoms with van der Waals surface area (Å²) in [5.74, 6) is 1.87. The minimum absolute atomic E-state index is 0.474. The summed E-state index contributed by atoms with van der Waals surface area (Å²) in [5, 5.41) is 0. The van der Waals surface area contributed by atoms with Crippen molar-refractivity contribution in [3.05, 3.63) is 17.2 Å². The molecule has 1 aromatic heterocycles. The Bertz CT molecular complexity index is 368. The van der Waals surface area contributed by atoms with Crippen LogP contribution in [0.4, 0.5) is 0 Å². The second kappa shape index (κ2) is 4.17. The van der Waals surface area contributed by atoms with E-state index >= 15 is 0 Å². The van der Waals surface area contributed by atoms with Crippen LogP contribution in [0, 0.1) is 5.92 Å². The predicted octanol–water partition coefficient (Wildman–Crippen LogP) is 1.77. The zero-order valence-electron chi connectivity index (χ0n) is 9.49. The van der Waals surface area contributed by atoms with Gasteiger partial charge in [0.05, 0.1) is 5.69 Å². The van der Waals surface area contributed by atoms with E-state index in [0.29, 0.717) is 6.42 Å². The third kappa shape index (κ3) is 1.83. The lowest BCUT2D eigenvalue weighted by Gasteiger charge is -2.22. The van der Waals surface area contributed by atoms with Crippen LogP contribution in [0.1, 0.15) is 37.5 Å². The van der Waals surface area contributed by atoms with Crippen molar-refractivity contribution in [3.8, 4) is 0 Å². The Morgan fingerprint density at radius 2 is 2.40 bits per heavy atom. The van der Waals surface area contributed by atoms with Gasteiger partial charge in [-0.25, -0.2) is 4.98 Å². The molecule has 0 radical (unpaired) electrons. The maximum absolute atomic E-state index is 10.6. The Kier molecular flexibility index (Phi) is 2.89. The van der Waals surface area contributed by atoms with Crippen LogP contribution >= 0.6 is 0 Å². The summed E-state index contributed by atoms with van der Waals surface area (Å²) in [6, 6.07) is 0. The molecule has 1 aromatic rings. The van der Waals surface area contributed by atoms with E-state index in [-0.39, 0.29) is 0 Å². The van der Waals surface area contributed by atoms with Gasteiger partial charge in [0.1, 0.15) is 12.1 Å². The Hall–Kier alpha value is -1.12. The van der Waals surface area contributed by atoms with E-state index in [9.17, 15) is 4.79 Å². The van der Waals surface area contributed by atoms with Gasteiger partial charge < -0.3 is 9.36 Å². The number of hydrogen-bond donors (Lipinski definition) is 0. The molecule has 15 heavy (non-hydrogen) atoms. The van der Waals surface area contributed by atoms with Crippen molar-refractivity contribution in [2.24, 2.45) is 5.92 Å². The van der Waals surface area contributed by atoms with E-state index in [2.05, 4.69) is 23.4 Å². The molecule has 0 aliphatic carbocycles. The van der Waals surface area contributed by atoms with Gasteiger partial charge >= 0.3 is 0 Å². The molecule has 0 saturated carbocycles. The van der Waals surface area contributed by atoms with E-state index < -0.39 is 0 Å².